The number of likely N-dealkylation sites (tertiary alicyclic amines) is 1. The molecule has 39 heavy (non-hydrogen) atoms. The van der Waals surface area contributed by atoms with Crippen LogP contribution in [0, 0.1) is 17.8 Å². The third kappa shape index (κ3) is 7.11. The van der Waals surface area contributed by atoms with Gasteiger partial charge in [0.25, 0.3) is 0 Å². The number of piperidine rings is 1. The zero-order valence-electron chi connectivity index (χ0n) is 21.1. The molecule has 2 fully saturated rings. The number of hydrogen-bond acceptors (Lipinski definition) is 7. The standard InChI is InChI=1S/C26H28F3N5O5/c1-32-15-24(31-16-32)38-25(36)34(10-17-4-2-5-18(8-17)39-26(27,28)29)13-22-20-11-33(12-21(20)22)14-23(35)30-9-19-6-3-7-37-19/h2-8,15-16,20-22H,9-14H2,1H3,(H,30,35). The molecule has 2 unspecified atom stereocenters. The van der Waals surface area contributed by atoms with E-state index >= 15 is 0 Å². The molecule has 1 saturated carbocycles. The van der Waals surface area contributed by atoms with E-state index in [1.54, 1.807) is 42.3 Å². The van der Waals surface area contributed by atoms with Gasteiger partial charge in [0, 0.05) is 33.2 Å². The van der Waals surface area contributed by atoms with Crippen molar-refractivity contribution in [2.45, 2.75) is 19.5 Å². The van der Waals surface area contributed by atoms with Crippen LogP contribution >= 0.6 is 0 Å². The average molecular weight is 548 g/mol. The van der Waals surface area contributed by atoms with Crippen LogP contribution in [0.2, 0.25) is 0 Å². The zero-order valence-corrected chi connectivity index (χ0v) is 21.1. The minimum Gasteiger partial charge on any atom is -0.467 e. The Kier molecular flexibility index (Phi) is 7.51. The van der Waals surface area contributed by atoms with E-state index in [2.05, 4.69) is 19.9 Å². The molecule has 1 saturated heterocycles. The molecule has 2 amide bonds. The number of aryl methyl sites for hydroxylation is 1. The zero-order chi connectivity index (χ0) is 27.6. The number of fused-ring (bicyclic) bond motifs is 1. The van der Waals surface area contributed by atoms with Crippen LogP contribution in [0.4, 0.5) is 18.0 Å². The Balaban J connectivity index is 1.18. The Morgan fingerprint density at radius 1 is 1.21 bits per heavy atom. The summed E-state index contributed by atoms with van der Waals surface area (Å²) in [5.41, 5.74) is 0.468. The smallest absolute Gasteiger partial charge is 0.467 e. The van der Waals surface area contributed by atoms with Crippen LogP contribution in [0.1, 0.15) is 11.3 Å². The van der Waals surface area contributed by atoms with Crippen molar-refractivity contribution >= 4 is 12.0 Å². The molecule has 0 radical (unpaired) electrons. The molecule has 2 aliphatic rings. The Labute approximate surface area is 222 Å². The number of alkyl halides is 3. The van der Waals surface area contributed by atoms with Gasteiger partial charge in [0.05, 0.1) is 31.9 Å². The van der Waals surface area contributed by atoms with E-state index in [1.807, 2.05) is 0 Å². The van der Waals surface area contributed by atoms with Crippen molar-refractivity contribution in [1.29, 1.82) is 0 Å². The molecule has 0 spiro atoms. The van der Waals surface area contributed by atoms with Gasteiger partial charge in [0.15, 0.2) is 0 Å². The second-order valence-corrected chi connectivity index (χ2v) is 9.86. The van der Waals surface area contributed by atoms with Crippen molar-refractivity contribution in [3.63, 3.8) is 0 Å². The second-order valence-electron chi connectivity index (χ2n) is 9.86. The van der Waals surface area contributed by atoms with Crippen molar-refractivity contribution in [1.82, 2.24) is 24.7 Å². The lowest BCUT2D eigenvalue weighted by molar-refractivity contribution is -0.274. The Morgan fingerprint density at radius 3 is 2.67 bits per heavy atom. The van der Waals surface area contributed by atoms with E-state index in [4.69, 9.17) is 9.15 Å². The number of benzene rings is 1. The fraction of sp³-hybridized carbons (Fsp3) is 0.423. The third-order valence-electron chi connectivity index (χ3n) is 6.92. The maximum atomic E-state index is 13.1. The van der Waals surface area contributed by atoms with Gasteiger partial charge >= 0.3 is 12.5 Å². The van der Waals surface area contributed by atoms with Crippen molar-refractivity contribution < 1.29 is 36.7 Å². The first-order valence-electron chi connectivity index (χ1n) is 12.4. The normalized spacial score (nSPS) is 20.4. The number of amides is 2. The molecule has 3 aromatic rings. The first-order valence-corrected chi connectivity index (χ1v) is 12.4. The summed E-state index contributed by atoms with van der Waals surface area (Å²) in [6.45, 7) is 2.46. The summed E-state index contributed by atoms with van der Waals surface area (Å²) in [5, 5.41) is 2.84. The molecule has 1 N–H and O–H groups in total. The van der Waals surface area contributed by atoms with E-state index in [-0.39, 0.29) is 36.5 Å². The van der Waals surface area contributed by atoms with Gasteiger partial charge in [-0.05, 0) is 47.6 Å². The lowest BCUT2D eigenvalue weighted by atomic mass is 10.2. The SMILES string of the molecule is Cn1cnc(OC(=O)N(Cc2cccc(OC(F)(F)F)c2)CC2C3CN(CC(=O)NCc4ccco4)CC32)c1. The highest BCUT2D eigenvalue weighted by molar-refractivity contribution is 5.78. The first-order chi connectivity index (χ1) is 18.6. The number of ether oxygens (including phenoxy) is 2. The minimum atomic E-state index is -4.82. The fourth-order valence-corrected chi connectivity index (χ4v) is 5.11. The molecule has 1 aromatic carbocycles. The van der Waals surface area contributed by atoms with Crippen LogP contribution in [0.3, 0.4) is 0 Å². The number of imidazole rings is 1. The molecule has 2 atom stereocenters. The predicted molar refractivity (Wildman–Crippen MR) is 130 cm³/mol. The van der Waals surface area contributed by atoms with Crippen LogP contribution in [-0.2, 0) is 24.9 Å². The summed E-state index contributed by atoms with van der Waals surface area (Å²) >= 11 is 0. The summed E-state index contributed by atoms with van der Waals surface area (Å²) in [5.74, 6) is 1.18. The van der Waals surface area contributed by atoms with E-state index in [0.29, 0.717) is 36.2 Å². The largest absolute Gasteiger partial charge is 0.573 e. The number of furan rings is 1. The highest BCUT2D eigenvalue weighted by Crippen LogP contribution is 2.52. The highest BCUT2D eigenvalue weighted by Gasteiger charge is 2.56. The van der Waals surface area contributed by atoms with E-state index < -0.39 is 12.5 Å². The van der Waals surface area contributed by atoms with Crippen molar-refractivity contribution in [2.75, 3.05) is 26.2 Å². The molecular formula is C26H28F3N5O5. The quantitative estimate of drug-likeness (QED) is 0.415. The van der Waals surface area contributed by atoms with E-state index in [0.717, 1.165) is 13.1 Å². The van der Waals surface area contributed by atoms with Gasteiger partial charge in [0.2, 0.25) is 11.8 Å². The number of rotatable bonds is 10. The summed E-state index contributed by atoms with van der Waals surface area (Å²) in [7, 11) is 1.74. The van der Waals surface area contributed by atoms with Gasteiger partial charge in [-0.1, -0.05) is 12.1 Å². The maximum absolute atomic E-state index is 13.1. The Hall–Kier alpha value is -4.00. The summed E-state index contributed by atoms with van der Waals surface area (Å²) in [4.78, 5) is 33.0. The molecular weight excluding hydrogens is 519 g/mol. The topological polar surface area (TPSA) is 102 Å². The van der Waals surface area contributed by atoms with Crippen LogP contribution in [0.15, 0.2) is 59.6 Å². The summed E-state index contributed by atoms with van der Waals surface area (Å²) in [6, 6.07) is 9.09. The first kappa shape index (κ1) is 26.6. The van der Waals surface area contributed by atoms with Crippen LogP contribution < -0.4 is 14.8 Å². The molecule has 10 nitrogen and oxygen atoms in total. The number of carbonyl (C=O) groups excluding carboxylic acids is 2. The Bertz CT molecular complexity index is 1280. The van der Waals surface area contributed by atoms with Crippen molar-refractivity contribution in [2.24, 2.45) is 24.8 Å². The number of carbonyl (C=O) groups is 2. The van der Waals surface area contributed by atoms with E-state index in [1.165, 1.54) is 29.4 Å². The van der Waals surface area contributed by atoms with Gasteiger partial charge in [-0.3, -0.25) is 9.69 Å². The number of halogens is 3. The highest BCUT2D eigenvalue weighted by atomic mass is 19.4. The molecule has 0 bridgehead atoms. The molecule has 2 aromatic heterocycles. The minimum absolute atomic E-state index is 0.0373. The van der Waals surface area contributed by atoms with Crippen LogP contribution in [-0.4, -0.2) is 63.9 Å². The third-order valence-corrected chi connectivity index (χ3v) is 6.92. The maximum Gasteiger partial charge on any atom is 0.573 e. The molecule has 208 valence electrons. The molecule has 13 heteroatoms. The van der Waals surface area contributed by atoms with E-state index in [9.17, 15) is 22.8 Å². The molecule has 1 aliphatic heterocycles. The lowest BCUT2D eigenvalue weighted by Gasteiger charge is -2.24. The monoisotopic (exact) mass is 547 g/mol. The van der Waals surface area contributed by atoms with Gasteiger partial charge in [-0.2, -0.15) is 0 Å². The molecule has 1 aliphatic carbocycles. The Morgan fingerprint density at radius 2 is 2.00 bits per heavy atom. The number of hydrogen-bond donors (Lipinski definition) is 1. The van der Waals surface area contributed by atoms with Crippen LogP contribution in [0.25, 0.3) is 0 Å². The van der Waals surface area contributed by atoms with Crippen molar-refractivity contribution in [3.8, 4) is 11.6 Å². The summed E-state index contributed by atoms with van der Waals surface area (Å²) < 4.78 is 54.4. The van der Waals surface area contributed by atoms with Crippen molar-refractivity contribution in [3.05, 3.63) is 66.5 Å². The van der Waals surface area contributed by atoms with Gasteiger partial charge in [0.1, 0.15) is 11.5 Å². The second kappa shape index (κ2) is 11.0. The predicted octanol–water partition coefficient (Wildman–Crippen LogP) is 3.41. The molecule has 5 rings (SSSR count). The van der Waals surface area contributed by atoms with Crippen LogP contribution in [0.5, 0.6) is 11.6 Å². The number of nitrogens with zero attached hydrogens (tertiary/aromatic N) is 4. The van der Waals surface area contributed by atoms with Gasteiger partial charge < -0.3 is 28.7 Å². The lowest BCUT2D eigenvalue weighted by Crippen LogP contribution is -2.39. The number of aromatic nitrogens is 2. The van der Waals surface area contributed by atoms with Gasteiger partial charge in [-0.25, -0.2) is 9.78 Å². The fourth-order valence-electron chi connectivity index (χ4n) is 5.11. The average Bonchev–Trinajstić information content (AvgIpc) is 3.35. The molecule has 3 heterocycles. The summed E-state index contributed by atoms with van der Waals surface area (Å²) in [6.07, 6.45) is -0.860. The number of nitrogens with one attached hydrogen (secondary N) is 1. The van der Waals surface area contributed by atoms with Gasteiger partial charge in [-0.15, -0.1) is 13.2 Å².